The van der Waals surface area contributed by atoms with E-state index in [1.807, 2.05) is 30.3 Å². The first-order valence-electron chi connectivity index (χ1n) is 6.60. The van der Waals surface area contributed by atoms with Crippen molar-refractivity contribution in [2.24, 2.45) is 5.92 Å². The summed E-state index contributed by atoms with van der Waals surface area (Å²) in [6, 6.07) is 10.1. The van der Waals surface area contributed by atoms with E-state index in [0.29, 0.717) is 12.3 Å². The number of benzene rings is 1. The summed E-state index contributed by atoms with van der Waals surface area (Å²) in [5.74, 6) is -0.180. The molecule has 1 aliphatic carbocycles. The van der Waals surface area contributed by atoms with Crippen molar-refractivity contribution in [2.75, 3.05) is 0 Å². The summed E-state index contributed by atoms with van der Waals surface area (Å²) < 4.78 is 5.04. The number of rotatable bonds is 6. The van der Waals surface area contributed by atoms with E-state index in [4.69, 9.17) is 10.00 Å². The topological polar surface area (TPSA) is 79.2 Å². The molecule has 0 aromatic heterocycles. The quantitative estimate of drug-likeness (QED) is 0.805. The minimum Gasteiger partial charge on any atom is -0.445 e. The van der Waals surface area contributed by atoms with Crippen molar-refractivity contribution in [3.8, 4) is 6.07 Å². The normalized spacial score (nSPS) is 14.9. The second kappa shape index (κ2) is 6.71. The molecule has 104 valence electrons. The predicted molar refractivity (Wildman–Crippen MR) is 71.5 cm³/mol. The largest absolute Gasteiger partial charge is 0.445 e. The van der Waals surface area contributed by atoms with Gasteiger partial charge >= 0.3 is 6.09 Å². The molecule has 1 atom stereocenters. The van der Waals surface area contributed by atoms with Gasteiger partial charge in [-0.1, -0.05) is 43.2 Å². The van der Waals surface area contributed by atoms with Crippen molar-refractivity contribution < 1.29 is 14.3 Å². The standard InChI is InChI=1S/C15H16N2O3/c16-9-14(18)13(8-11-6-7-11)17-15(19)20-10-12-4-2-1-3-5-12/h1-5,11,13H,6-8,10H2,(H,17,19)/t13-/m0/s1. The van der Waals surface area contributed by atoms with Crippen LogP contribution >= 0.6 is 0 Å². The molecule has 0 radical (unpaired) electrons. The van der Waals surface area contributed by atoms with Gasteiger partial charge in [0.25, 0.3) is 5.78 Å². The molecular formula is C15H16N2O3. The summed E-state index contributed by atoms with van der Waals surface area (Å²) in [5, 5.41) is 11.1. The number of nitriles is 1. The molecule has 0 saturated heterocycles. The van der Waals surface area contributed by atoms with Gasteiger partial charge in [-0.25, -0.2) is 4.79 Å². The SMILES string of the molecule is N#CC(=O)[C@H](CC1CC1)NC(=O)OCc1ccccc1. The number of amides is 1. The summed E-state index contributed by atoms with van der Waals surface area (Å²) in [4.78, 5) is 23.1. The predicted octanol–water partition coefficient (Wildman–Crippen LogP) is 2.17. The summed E-state index contributed by atoms with van der Waals surface area (Å²) in [7, 11) is 0. The van der Waals surface area contributed by atoms with Gasteiger partial charge in [-0.3, -0.25) is 4.79 Å². The maximum Gasteiger partial charge on any atom is 0.408 e. The number of carbonyl (C=O) groups is 2. The van der Waals surface area contributed by atoms with E-state index in [1.54, 1.807) is 6.07 Å². The van der Waals surface area contributed by atoms with Gasteiger partial charge in [0.15, 0.2) is 0 Å². The van der Waals surface area contributed by atoms with Crippen LogP contribution in [0.5, 0.6) is 0 Å². The molecule has 0 unspecified atom stereocenters. The molecule has 1 aromatic rings. The second-order valence-corrected chi connectivity index (χ2v) is 4.91. The molecule has 1 N–H and O–H groups in total. The van der Waals surface area contributed by atoms with Crippen LogP contribution in [0.4, 0.5) is 4.79 Å². The first-order chi connectivity index (χ1) is 9.69. The molecule has 1 amide bonds. The minimum atomic E-state index is -0.754. The number of ketones is 1. The van der Waals surface area contributed by atoms with Crippen LogP contribution in [0.3, 0.4) is 0 Å². The highest BCUT2D eigenvalue weighted by Gasteiger charge is 2.30. The van der Waals surface area contributed by atoms with Crippen LogP contribution in [0.15, 0.2) is 30.3 Å². The van der Waals surface area contributed by atoms with Gasteiger partial charge in [-0.05, 0) is 17.9 Å². The molecule has 0 aliphatic heterocycles. The molecule has 0 spiro atoms. The van der Waals surface area contributed by atoms with Crippen LogP contribution in [0.2, 0.25) is 0 Å². The van der Waals surface area contributed by atoms with Gasteiger partial charge in [0.2, 0.25) is 0 Å². The minimum absolute atomic E-state index is 0.142. The average Bonchev–Trinajstić information content (AvgIpc) is 3.28. The van der Waals surface area contributed by atoms with E-state index >= 15 is 0 Å². The monoisotopic (exact) mass is 272 g/mol. The number of Topliss-reactive ketones (excluding diaryl/α,β-unsaturated/α-hetero) is 1. The molecular weight excluding hydrogens is 256 g/mol. The fourth-order valence-corrected chi connectivity index (χ4v) is 1.90. The van der Waals surface area contributed by atoms with E-state index in [9.17, 15) is 9.59 Å². The fraction of sp³-hybridized carbons (Fsp3) is 0.400. The van der Waals surface area contributed by atoms with E-state index in [-0.39, 0.29) is 6.61 Å². The van der Waals surface area contributed by atoms with E-state index in [2.05, 4.69) is 5.32 Å². The lowest BCUT2D eigenvalue weighted by atomic mass is 10.1. The molecule has 1 saturated carbocycles. The summed E-state index contributed by atoms with van der Waals surface area (Å²) >= 11 is 0. The zero-order valence-corrected chi connectivity index (χ0v) is 11.0. The summed E-state index contributed by atoms with van der Waals surface area (Å²) in [5.41, 5.74) is 0.869. The van der Waals surface area contributed by atoms with Crippen LogP contribution in [0.25, 0.3) is 0 Å². The summed E-state index contributed by atoms with van der Waals surface area (Å²) in [6.45, 7) is 0.142. The van der Waals surface area contributed by atoms with E-state index in [0.717, 1.165) is 18.4 Å². The van der Waals surface area contributed by atoms with Crippen LogP contribution in [0, 0.1) is 17.2 Å². The van der Waals surface area contributed by atoms with Crippen molar-refractivity contribution in [3.63, 3.8) is 0 Å². The van der Waals surface area contributed by atoms with Crippen molar-refractivity contribution in [3.05, 3.63) is 35.9 Å². The molecule has 1 aliphatic rings. The third-order valence-electron chi connectivity index (χ3n) is 3.20. The van der Waals surface area contributed by atoms with Crippen LogP contribution < -0.4 is 5.32 Å². The lowest BCUT2D eigenvalue weighted by Gasteiger charge is -2.14. The van der Waals surface area contributed by atoms with Gasteiger partial charge in [-0.2, -0.15) is 5.26 Å². The third-order valence-corrected chi connectivity index (χ3v) is 3.20. The van der Waals surface area contributed by atoms with Crippen LogP contribution in [-0.2, 0) is 16.1 Å². The molecule has 1 fully saturated rings. The molecule has 0 heterocycles. The Kier molecular flexibility index (Phi) is 4.72. The van der Waals surface area contributed by atoms with Gasteiger partial charge in [0.1, 0.15) is 18.7 Å². The van der Waals surface area contributed by atoms with Gasteiger partial charge < -0.3 is 10.1 Å². The van der Waals surface area contributed by atoms with Crippen molar-refractivity contribution in [1.82, 2.24) is 5.32 Å². The van der Waals surface area contributed by atoms with Gasteiger partial charge in [-0.15, -0.1) is 0 Å². The zero-order valence-electron chi connectivity index (χ0n) is 11.0. The molecule has 5 nitrogen and oxygen atoms in total. The first-order valence-corrected chi connectivity index (χ1v) is 6.60. The molecule has 20 heavy (non-hydrogen) atoms. The second-order valence-electron chi connectivity index (χ2n) is 4.91. The Morgan fingerprint density at radius 3 is 2.65 bits per heavy atom. The molecule has 1 aromatic carbocycles. The maximum atomic E-state index is 11.7. The van der Waals surface area contributed by atoms with Gasteiger partial charge in [0.05, 0.1) is 0 Å². The van der Waals surface area contributed by atoms with Crippen molar-refractivity contribution in [1.29, 1.82) is 5.26 Å². The molecule has 0 bridgehead atoms. The Bertz CT molecular complexity index is 518. The van der Waals surface area contributed by atoms with Gasteiger partial charge in [0, 0.05) is 0 Å². The smallest absolute Gasteiger partial charge is 0.408 e. The molecule has 2 rings (SSSR count). The highest BCUT2D eigenvalue weighted by molar-refractivity contribution is 5.99. The molecule has 5 heteroatoms. The fourth-order valence-electron chi connectivity index (χ4n) is 1.90. The van der Waals surface area contributed by atoms with Crippen molar-refractivity contribution >= 4 is 11.9 Å². The number of hydrogen-bond donors (Lipinski definition) is 1. The summed E-state index contributed by atoms with van der Waals surface area (Å²) in [6.07, 6.45) is 1.96. The Morgan fingerprint density at radius 1 is 1.35 bits per heavy atom. The lowest BCUT2D eigenvalue weighted by molar-refractivity contribution is -0.116. The first kappa shape index (κ1) is 14.1. The Labute approximate surface area is 117 Å². The highest BCUT2D eigenvalue weighted by Crippen LogP contribution is 2.33. The van der Waals surface area contributed by atoms with E-state index in [1.165, 1.54) is 0 Å². The highest BCUT2D eigenvalue weighted by atomic mass is 16.5. The zero-order chi connectivity index (χ0) is 14.4. The number of alkyl carbamates (subject to hydrolysis) is 1. The Morgan fingerprint density at radius 2 is 2.05 bits per heavy atom. The number of carbonyl (C=O) groups excluding carboxylic acids is 2. The lowest BCUT2D eigenvalue weighted by Crippen LogP contribution is -2.40. The number of ether oxygens (including phenoxy) is 1. The van der Waals surface area contributed by atoms with E-state index < -0.39 is 17.9 Å². The number of nitrogens with one attached hydrogen (secondary N) is 1. The van der Waals surface area contributed by atoms with Crippen LogP contribution in [-0.4, -0.2) is 17.9 Å². The Hall–Kier alpha value is -2.35. The van der Waals surface area contributed by atoms with Crippen LogP contribution in [0.1, 0.15) is 24.8 Å². The number of hydrogen-bond acceptors (Lipinski definition) is 4. The number of nitrogens with zero attached hydrogens (tertiary/aromatic N) is 1. The van der Waals surface area contributed by atoms with Crippen molar-refractivity contribution in [2.45, 2.75) is 31.9 Å². The third kappa shape index (κ3) is 4.39. The maximum absolute atomic E-state index is 11.7. The Balaban J connectivity index is 1.81. The average molecular weight is 272 g/mol.